The molecule has 0 spiro atoms. The van der Waals surface area contributed by atoms with Gasteiger partial charge in [-0.2, -0.15) is 35.9 Å². The predicted octanol–water partition coefficient (Wildman–Crippen LogP) is 4.63. The molecule has 0 nitrogen and oxygen atoms in total. The molecule has 2 aromatic carbocycles. The van der Waals surface area contributed by atoms with Crippen LogP contribution in [0.2, 0.25) is 0 Å². The largest absolute Gasteiger partial charge is 2.00 e. The fourth-order valence-electron chi connectivity index (χ4n) is 1.88. The smallest absolute Gasteiger partial charge is 0.214 e. The number of aryl methyl sites for hydroxylation is 1. The molecule has 0 radical (unpaired) electrons. The average molecular weight is 278 g/mol. The van der Waals surface area contributed by atoms with Crippen LogP contribution in [-0.4, -0.2) is 0 Å². The van der Waals surface area contributed by atoms with E-state index in [0.717, 1.165) is 6.42 Å². The Hall–Kier alpha value is -1.30. The van der Waals surface area contributed by atoms with Crippen LogP contribution >= 0.6 is 0 Å². The molecule has 0 N–H and O–H groups in total. The van der Waals surface area contributed by atoms with Crippen molar-refractivity contribution in [3.8, 4) is 0 Å². The van der Waals surface area contributed by atoms with Crippen molar-refractivity contribution in [3.05, 3.63) is 84.0 Å². The molecule has 94 valence electrons. The summed E-state index contributed by atoms with van der Waals surface area (Å²) in [6.07, 6.45) is 10.3. The molecule has 1 aliphatic carbocycles. The quantitative estimate of drug-likeness (QED) is 0.567. The monoisotopic (exact) mass is 278 g/mol. The molecule has 0 unspecified atom stereocenters. The van der Waals surface area contributed by atoms with E-state index < -0.39 is 0 Å². The van der Waals surface area contributed by atoms with Gasteiger partial charge in [-0.25, -0.2) is 24.3 Å². The van der Waals surface area contributed by atoms with Crippen LogP contribution in [-0.2, 0) is 23.5 Å². The number of hydrogen-bond acceptors (Lipinski definition) is 0. The summed E-state index contributed by atoms with van der Waals surface area (Å²) < 4.78 is 0. The average Bonchev–Trinajstić information content (AvgIpc) is 3.12. The van der Waals surface area contributed by atoms with Crippen LogP contribution in [0.4, 0.5) is 0 Å². The number of rotatable bonds is 3. The van der Waals surface area contributed by atoms with E-state index in [1.54, 1.807) is 0 Å². The van der Waals surface area contributed by atoms with Gasteiger partial charge in [0.2, 0.25) is 0 Å². The van der Waals surface area contributed by atoms with Crippen molar-refractivity contribution >= 4 is 0 Å². The normalized spacial score (nSPS) is 12.3. The van der Waals surface area contributed by atoms with Gasteiger partial charge in [0.25, 0.3) is 0 Å². The molecule has 0 bridgehead atoms. The molecule has 0 heterocycles. The minimum Gasteiger partial charge on any atom is -0.214 e. The Morgan fingerprint density at radius 2 is 1.78 bits per heavy atom. The van der Waals surface area contributed by atoms with Gasteiger partial charge in [0, 0.05) is 0 Å². The SMILES string of the molecule is C1=CC(CC[c-]2cccc2)=CC1.[Fe+2].c1cc[cH-]c1. The third kappa shape index (κ3) is 5.35. The molecule has 0 aliphatic heterocycles. The molecule has 3 rings (SSSR count). The minimum atomic E-state index is 0. The minimum absolute atomic E-state index is 0. The van der Waals surface area contributed by atoms with E-state index in [0.29, 0.717) is 0 Å². The summed E-state index contributed by atoms with van der Waals surface area (Å²) in [5, 5.41) is 0. The molecule has 0 amide bonds. The van der Waals surface area contributed by atoms with Crippen molar-refractivity contribution in [2.24, 2.45) is 0 Å². The van der Waals surface area contributed by atoms with Gasteiger partial charge in [-0.1, -0.05) is 30.2 Å². The topological polar surface area (TPSA) is 0 Å². The fourth-order valence-corrected chi connectivity index (χ4v) is 1.88. The van der Waals surface area contributed by atoms with Crippen molar-refractivity contribution in [2.75, 3.05) is 0 Å². The molecule has 0 saturated carbocycles. The van der Waals surface area contributed by atoms with E-state index in [2.05, 4.69) is 42.5 Å². The standard InChI is InChI=1S/C12H13.C5H5.Fe/c1-2-6-11(5-1)9-10-12-7-3-4-8-12;1-2-4-5-3-1;/h1-3,5-8H,4,9-10H2;1-5H;/q2*-1;+2. The van der Waals surface area contributed by atoms with Crippen molar-refractivity contribution < 1.29 is 17.1 Å². The molecule has 0 aromatic heterocycles. The zero-order chi connectivity index (χ0) is 11.8. The van der Waals surface area contributed by atoms with Crippen LogP contribution in [0.5, 0.6) is 0 Å². The molecule has 1 heteroatoms. The van der Waals surface area contributed by atoms with Gasteiger partial charge in [0.05, 0.1) is 0 Å². The van der Waals surface area contributed by atoms with Gasteiger partial charge in [0.1, 0.15) is 0 Å². The van der Waals surface area contributed by atoms with E-state index in [1.807, 2.05) is 30.3 Å². The molecular weight excluding hydrogens is 260 g/mol. The third-order valence-corrected chi connectivity index (χ3v) is 2.84. The molecule has 0 fully saturated rings. The van der Waals surface area contributed by atoms with Gasteiger partial charge in [0.15, 0.2) is 0 Å². The maximum atomic E-state index is 2.31. The second kappa shape index (κ2) is 8.74. The first kappa shape index (κ1) is 14.8. The van der Waals surface area contributed by atoms with Gasteiger partial charge in [-0.15, -0.1) is 0 Å². The zero-order valence-electron chi connectivity index (χ0n) is 10.4. The summed E-state index contributed by atoms with van der Waals surface area (Å²) in [5.41, 5.74) is 2.95. The summed E-state index contributed by atoms with van der Waals surface area (Å²) in [7, 11) is 0. The molecule has 18 heavy (non-hydrogen) atoms. The Balaban J connectivity index is 0.000000230. The zero-order valence-corrected chi connectivity index (χ0v) is 11.5. The second-order valence-electron chi connectivity index (χ2n) is 4.17. The van der Waals surface area contributed by atoms with Crippen molar-refractivity contribution in [1.82, 2.24) is 0 Å². The van der Waals surface area contributed by atoms with Crippen LogP contribution < -0.4 is 0 Å². The Morgan fingerprint density at radius 1 is 1.06 bits per heavy atom. The first-order valence-corrected chi connectivity index (χ1v) is 6.18. The third-order valence-electron chi connectivity index (χ3n) is 2.84. The van der Waals surface area contributed by atoms with Crippen molar-refractivity contribution in [1.29, 1.82) is 0 Å². The van der Waals surface area contributed by atoms with Gasteiger partial charge < -0.3 is 0 Å². The number of hydrogen-bond donors (Lipinski definition) is 0. The van der Waals surface area contributed by atoms with E-state index in [-0.39, 0.29) is 17.1 Å². The van der Waals surface area contributed by atoms with Crippen LogP contribution in [0, 0.1) is 0 Å². The number of allylic oxidation sites excluding steroid dienone is 4. The second-order valence-corrected chi connectivity index (χ2v) is 4.17. The van der Waals surface area contributed by atoms with E-state index in [9.17, 15) is 0 Å². The first-order valence-electron chi connectivity index (χ1n) is 6.18. The summed E-state index contributed by atoms with van der Waals surface area (Å²) in [6, 6.07) is 18.6. The fraction of sp³-hybridized carbons (Fsp3) is 0.176. The van der Waals surface area contributed by atoms with Crippen LogP contribution in [0.1, 0.15) is 18.4 Å². The molecule has 0 atom stereocenters. The van der Waals surface area contributed by atoms with Gasteiger partial charge in [-0.05, 0) is 12.8 Å². The van der Waals surface area contributed by atoms with Crippen LogP contribution in [0.25, 0.3) is 0 Å². The first-order chi connectivity index (χ1) is 8.45. The molecular formula is C17H18Fe. The Labute approximate surface area is 120 Å². The maximum absolute atomic E-state index is 2.31. The Kier molecular flexibility index (Phi) is 7.17. The van der Waals surface area contributed by atoms with Crippen molar-refractivity contribution in [2.45, 2.75) is 19.3 Å². The van der Waals surface area contributed by atoms with E-state index >= 15 is 0 Å². The van der Waals surface area contributed by atoms with Crippen LogP contribution in [0.15, 0.2) is 78.4 Å². The summed E-state index contributed by atoms with van der Waals surface area (Å²) in [5.74, 6) is 0. The summed E-state index contributed by atoms with van der Waals surface area (Å²) in [4.78, 5) is 0. The summed E-state index contributed by atoms with van der Waals surface area (Å²) in [6.45, 7) is 0. The van der Waals surface area contributed by atoms with Crippen LogP contribution in [0.3, 0.4) is 0 Å². The Morgan fingerprint density at radius 3 is 2.28 bits per heavy atom. The van der Waals surface area contributed by atoms with Crippen molar-refractivity contribution in [3.63, 3.8) is 0 Å². The predicted molar refractivity (Wildman–Crippen MR) is 74.2 cm³/mol. The molecule has 1 aliphatic rings. The molecule has 2 aromatic rings. The molecule has 0 saturated heterocycles. The van der Waals surface area contributed by atoms with E-state index in [4.69, 9.17) is 0 Å². The van der Waals surface area contributed by atoms with E-state index in [1.165, 1.54) is 24.0 Å². The Bertz CT molecular complexity index is 427. The van der Waals surface area contributed by atoms with Gasteiger partial charge >= 0.3 is 17.1 Å². The maximum Gasteiger partial charge on any atom is 2.00 e. The summed E-state index contributed by atoms with van der Waals surface area (Å²) >= 11 is 0. The van der Waals surface area contributed by atoms with Gasteiger partial charge in [-0.3, -0.25) is 0 Å².